The Labute approximate surface area is 154 Å². The van der Waals surface area contributed by atoms with Gasteiger partial charge in [0.25, 0.3) is 5.91 Å². The number of likely N-dealkylation sites (tertiary alicyclic amines) is 2. The van der Waals surface area contributed by atoms with E-state index < -0.39 is 6.10 Å². The number of aliphatic hydroxyl groups is 1. The highest BCUT2D eigenvalue weighted by Gasteiger charge is 2.32. The number of hydrogen-bond acceptors (Lipinski definition) is 4. The van der Waals surface area contributed by atoms with Crippen molar-refractivity contribution in [2.24, 2.45) is 0 Å². The molecule has 4 rings (SSSR count). The third-order valence-electron chi connectivity index (χ3n) is 5.55. The van der Waals surface area contributed by atoms with Gasteiger partial charge in [0.1, 0.15) is 5.76 Å². The van der Waals surface area contributed by atoms with E-state index >= 15 is 0 Å². The molecule has 0 bridgehead atoms. The average Bonchev–Trinajstić information content (AvgIpc) is 3.34. The number of nitrogens with zero attached hydrogens (tertiary/aromatic N) is 2. The second-order valence-electron chi connectivity index (χ2n) is 7.37. The minimum Gasteiger partial charge on any atom is -0.455 e. The lowest BCUT2D eigenvalue weighted by Crippen LogP contribution is -2.45. The van der Waals surface area contributed by atoms with Gasteiger partial charge >= 0.3 is 0 Å². The summed E-state index contributed by atoms with van der Waals surface area (Å²) in [5, 5.41) is 10.6. The molecule has 2 fully saturated rings. The lowest BCUT2D eigenvalue weighted by atomic mass is 9.87. The molecule has 26 heavy (non-hydrogen) atoms. The smallest absolute Gasteiger partial charge is 0.289 e. The first-order chi connectivity index (χ1) is 12.7. The molecule has 2 aliphatic rings. The van der Waals surface area contributed by atoms with Gasteiger partial charge in [-0.2, -0.15) is 0 Å². The minimum absolute atomic E-state index is 0.0857. The van der Waals surface area contributed by atoms with Crippen LogP contribution < -0.4 is 0 Å². The van der Waals surface area contributed by atoms with E-state index in [1.807, 2.05) is 36.4 Å². The van der Waals surface area contributed by atoms with Gasteiger partial charge in [0, 0.05) is 19.0 Å². The summed E-state index contributed by atoms with van der Waals surface area (Å²) in [7, 11) is 0. The van der Waals surface area contributed by atoms with Crippen molar-refractivity contribution >= 4 is 5.91 Å². The monoisotopic (exact) mass is 354 g/mol. The van der Waals surface area contributed by atoms with Gasteiger partial charge in [-0.15, -0.1) is 0 Å². The SMILES string of the molecule is O=C(c1ccc(CN2CCCC2)o1)N1CC[C@H](c2ccccc2)[C@H](O)C1. The molecule has 1 N–H and O–H groups in total. The summed E-state index contributed by atoms with van der Waals surface area (Å²) in [4.78, 5) is 16.8. The zero-order valence-electron chi connectivity index (χ0n) is 15.0. The fraction of sp³-hybridized carbons (Fsp3) is 0.476. The van der Waals surface area contributed by atoms with Gasteiger partial charge in [0.15, 0.2) is 5.76 Å². The third-order valence-corrected chi connectivity index (χ3v) is 5.55. The molecule has 5 heteroatoms. The van der Waals surface area contributed by atoms with Crippen LogP contribution in [-0.2, 0) is 6.54 Å². The van der Waals surface area contributed by atoms with Crippen LogP contribution in [0.3, 0.4) is 0 Å². The Balaban J connectivity index is 1.37. The summed E-state index contributed by atoms with van der Waals surface area (Å²) in [6, 6.07) is 13.7. The number of carbonyl (C=O) groups excluding carboxylic acids is 1. The van der Waals surface area contributed by atoms with Gasteiger partial charge in [-0.25, -0.2) is 0 Å². The molecule has 2 aliphatic heterocycles. The van der Waals surface area contributed by atoms with Gasteiger partial charge in [0.05, 0.1) is 12.6 Å². The highest BCUT2D eigenvalue weighted by molar-refractivity contribution is 5.91. The summed E-state index contributed by atoms with van der Waals surface area (Å²) >= 11 is 0. The number of hydrogen-bond donors (Lipinski definition) is 1. The van der Waals surface area contributed by atoms with Crippen LogP contribution in [0.1, 0.15) is 47.1 Å². The van der Waals surface area contributed by atoms with Crippen LogP contribution in [0.5, 0.6) is 0 Å². The van der Waals surface area contributed by atoms with E-state index in [0.29, 0.717) is 18.8 Å². The summed E-state index contributed by atoms with van der Waals surface area (Å²) in [6.45, 7) is 3.95. The van der Waals surface area contributed by atoms with Gasteiger partial charge in [-0.05, 0) is 50.0 Å². The van der Waals surface area contributed by atoms with E-state index in [-0.39, 0.29) is 11.8 Å². The van der Waals surface area contributed by atoms with E-state index in [1.165, 1.54) is 12.8 Å². The lowest BCUT2D eigenvalue weighted by Gasteiger charge is -2.35. The quantitative estimate of drug-likeness (QED) is 0.917. The fourth-order valence-electron chi connectivity index (χ4n) is 4.10. The highest BCUT2D eigenvalue weighted by Crippen LogP contribution is 2.29. The number of aliphatic hydroxyl groups excluding tert-OH is 1. The Hall–Kier alpha value is -2.11. The van der Waals surface area contributed by atoms with Crippen molar-refractivity contribution in [3.05, 3.63) is 59.5 Å². The van der Waals surface area contributed by atoms with Crippen LogP contribution in [0.4, 0.5) is 0 Å². The van der Waals surface area contributed by atoms with Crippen molar-refractivity contribution in [3.8, 4) is 0 Å². The first kappa shape index (κ1) is 17.3. The number of rotatable bonds is 4. The van der Waals surface area contributed by atoms with E-state index in [1.54, 1.807) is 11.0 Å². The van der Waals surface area contributed by atoms with Gasteiger partial charge < -0.3 is 14.4 Å². The summed E-state index contributed by atoms with van der Waals surface area (Å²) in [5.41, 5.74) is 1.14. The molecule has 1 amide bonds. The predicted molar refractivity (Wildman–Crippen MR) is 98.9 cm³/mol. The Bertz CT molecular complexity index is 737. The van der Waals surface area contributed by atoms with Crippen LogP contribution in [-0.4, -0.2) is 53.1 Å². The molecule has 2 saturated heterocycles. The second-order valence-corrected chi connectivity index (χ2v) is 7.37. The van der Waals surface area contributed by atoms with E-state index in [9.17, 15) is 9.90 Å². The van der Waals surface area contributed by atoms with Gasteiger partial charge in [0.2, 0.25) is 0 Å². The Morgan fingerprint density at radius 2 is 1.85 bits per heavy atom. The van der Waals surface area contributed by atoms with Crippen LogP contribution in [0.15, 0.2) is 46.9 Å². The number of piperidine rings is 1. The predicted octanol–water partition coefficient (Wildman–Crippen LogP) is 2.87. The van der Waals surface area contributed by atoms with Gasteiger partial charge in [-0.3, -0.25) is 9.69 Å². The molecular weight excluding hydrogens is 328 g/mol. The van der Waals surface area contributed by atoms with Crippen molar-refractivity contribution in [1.29, 1.82) is 0 Å². The van der Waals surface area contributed by atoms with Crippen molar-refractivity contribution < 1.29 is 14.3 Å². The van der Waals surface area contributed by atoms with Crippen LogP contribution in [0.2, 0.25) is 0 Å². The molecule has 1 aromatic heterocycles. The lowest BCUT2D eigenvalue weighted by molar-refractivity contribution is 0.0358. The summed E-state index contributed by atoms with van der Waals surface area (Å²) in [5.74, 6) is 1.19. The first-order valence-corrected chi connectivity index (χ1v) is 9.54. The van der Waals surface area contributed by atoms with E-state index in [0.717, 1.165) is 37.4 Å². The molecule has 138 valence electrons. The third kappa shape index (κ3) is 3.69. The van der Waals surface area contributed by atoms with E-state index in [2.05, 4.69) is 4.90 Å². The minimum atomic E-state index is -0.547. The zero-order valence-corrected chi connectivity index (χ0v) is 15.0. The standard InChI is InChI=1S/C21H26N2O3/c24-19-15-23(13-10-18(19)16-6-2-1-3-7-16)21(25)20-9-8-17(26-20)14-22-11-4-5-12-22/h1-3,6-9,18-19,24H,4-5,10-15H2/t18-,19-/m1/s1. The van der Waals surface area contributed by atoms with Crippen LogP contribution >= 0.6 is 0 Å². The normalized spacial score (nSPS) is 24.1. The van der Waals surface area contributed by atoms with Crippen LogP contribution in [0, 0.1) is 0 Å². The Morgan fingerprint density at radius 3 is 2.58 bits per heavy atom. The molecule has 2 aromatic rings. The maximum atomic E-state index is 12.7. The second kappa shape index (κ2) is 7.64. The molecule has 0 aliphatic carbocycles. The number of furan rings is 1. The fourth-order valence-corrected chi connectivity index (χ4v) is 4.10. The molecule has 0 unspecified atom stereocenters. The molecular formula is C21H26N2O3. The number of benzene rings is 1. The summed E-state index contributed by atoms with van der Waals surface area (Å²) in [6.07, 6.45) is 2.69. The molecule has 0 spiro atoms. The maximum absolute atomic E-state index is 12.7. The summed E-state index contributed by atoms with van der Waals surface area (Å²) < 4.78 is 5.79. The van der Waals surface area contributed by atoms with Crippen molar-refractivity contribution in [1.82, 2.24) is 9.80 Å². The van der Waals surface area contributed by atoms with Crippen molar-refractivity contribution in [3.63, 3.8) is 0 Å². The number of carbonyl (C=O) groups is 1. The molecule has 1 aromatic carbocycles. The highest BCUT2D eigenvalue weighted by atomic mass is 16.4. The molecule has 0 radical (unpaired) electrons. The molecule has 0 saturated carbocycles. The Kier molecular flexibility index (Phi) is 5.09. The maximum Gasteiger partial charge on any atom is 0.289 e. The number of amides is 1. The Morgan fingerprint density at radius 1 is 1.08 bits per heavy atom. The zero-order chi connectivity index (χ0) is 17.9. The molecule has 3 heterocycles. The van der Waals surface area contributed by atoms with Crippen molar-refractivity contribution in [2.45, 2.75) is 37.8 Å². The van der Waals surface area contributed by atoms with Gasteiger partial charge in [-0.1, -0.05) is 30.3 Å². The van der Waals surface area contributed by atoms with Crippen molar-refractivity contribution in [2.75, 3.05) is 26.2 Å². The van der Waals surface area contributed by atoms with Crippen LogP contribution in [0.25, 0.3) is 0 Å². The number of β-amino-alcohol motifs (C(OH)–C–C–N with tert-alkyl or cyclic N) is 1. The molecule has 2 atom stereocenters. The first-order valence-electron chi connectivity index (χ1n) is 9.54. The average molecular weight is 354 g/mol. The van der Waals surface area contributed by atoms with E-state index in [4.69, 9.17) is 4.42 Å². The topological polar surface area (TPSA) is 56.9 Å². The largest absolute Gasteiger partial charge is 0.455 e. The molecule has 5 nitrogen and oxygen atoms in total.